The lowest BCUT2D eigenvalue weighted by atomic mass is 9.68. The number of nitrogens with zero attached hydrogens (tertiary/aromatic N) is 1. The summed E-state index contributed by atoms with van der Waals surface area (Å²) in [7, 11) is 0. The average molecular weight is 600 g/mol. The van der Waals surface area contributed by atoms with Crippen molar-refractivity contribution in [1.29, 1.82) is 0 Å². The third-order valence-corrected chi connectivity index (χ3v) is 9.94. The van der Waals surface area contributed by atoms with Crippen molar-refractivity contribution in [3.8, 4) is 33.4 Å². The van der Waals surface area contributed by atoms with E-state index in [1.807, 2.05) is 0 Å². The zero-order valence-corrected chi connectivity index (χ0v) is 26.1. The molecule has 0 saturated carbocycles. The van der Waals surface area contributed by atoms with Gasteiger partial charge in [0.2, 0.25) is 0 Å². The van der Waals surface area contributed by atoms with Crippen LogP contribution in [-0.2, 0) is 11.8 Å². The predicted octanol–water partition coefficient (Wildman–Crippen LogP) is 11.9. The number of fused-ring (bicyclic) bond motifs is 7. The quantitative estimate of drug-likeness (QED) is 0.178. The lowest BCUT2D eigenvalue weighted by Crippen LogP contribution is -2.28. The van der Waals surface area contributed by atoms with Crippen LogP contribution in [0.25, 0.3) is 33.4 Å². The Bertz CT molecular complexity index is 2120. The molecule has 0 aliphatic heterocycles. The fourth-order valence-electron chi connectivity index (χ4n) is 7.75. The van der Waals surface area contributed by atoms with Crippen molar-refractivity contribution in [1.82, 2.24) is 0 Å². The lowest BCUT2D eigenvalue weighted by Gasteiger charge is -2.36. The molecule has 7 aromatic carbocycles. The van der Waals surface area contributed by atoms with E-state index in [0.717, 1.165) is 23.5 Å². The van der Waals surface area contributed by atoms with Gasteiger partial charge < -0.3 is 4.90 Å². The summed E-state index contributed by atoms with van der Waals surface area (Å²) < 4.78 is 0. The molecule has 0 amide bonds. The predicted molar refractivity (Wildman–Crippen MR) is 197 cm³/mol. The van der Waals surface area contributed by atoms with E-state index in [4.69, 9.17) is 0 Å². The van der Waals surface area contributed by atoms with Crippen molar-refractivity contribution < 1.29 is 0 Å². The Morgan fingerprint density at radius 1 is 0.383 bits per heavy atom. The van der Waals surface area contributed by atoms with E-state index < -0.39 is 0 Å². The van der Waals surface area contributed by atoms with E-state index in [1.165, 1.54) is 55.6 Å². The number of anilines is 3. The van der Waals surface area contributed by atoms with Gasteiger partial charge in [0, 0.05) is 17.1 Å². The first-order valence-corrected chi connectivity index (χ1v) is 16.4. The van der Waals surface area contributed by atoms with Crippen LogP contribution in [0.2, 0.25) is 0 Å². The molecule has 0 bridgehead atoms. The van der Waals surface area contributed by atoms with Gasteiger partial charge in [-0.3, -0.25) is 0 Å². The van der Waals surface area contributed by atoms with Crippen LogP contribution in [0.5, 0.6) is 0 Å². The third-order valence-electron chi connectivity index (χ3n) is 9.94. The van der Waals surface area contributed by atoms with Crippen molar-refractivity contribution in [2.24, 2.45) is 0 Å². The van der Waals surface area contributed by atoms with Crippen molar-refractivity contribution in [2.45, 2.75) is 11.8 Å². The van der Waals surface area contributed by atoms with Gasteiger partial charge in [0.25, 0.3) is 0 Å². The minimum absolute atomic E-state index is 0.323. The maximum atomic E-state index is 2.46. The van der Waals surface area contributed by atoms with Gasteiger partial charge in [-0.2, -0.15) is 0 Å². The molecule has 2 aliphatic rings. The smallest absolute Gasteiger partial charge is 0.0647 e. The van der Waals surface area contributed by atoms with Gasteiger partial charge in [-0.1, -0.05) is 152 Å². The molecule has 7 aromatic rings. The molecule has 2 aliphatic carbocycles. The van der Waals surface area contributed by atoms with Crippen molar-refractivity contribution in [3.63, 3.8) is 0 Å². The summed E-state index contributed by atoms with van der Waals surface area (Å²) in [5.74, 6) is 0. The van der Waals surface area contributed by atoms with E-state index in [0.29, 0.717) is 0 Å². The minimum Gasteiger partial charge on any atom is -0.310 e. The molecule has 0 saturated heterocycles. The van der Waals surface area contributed by atoms with Crippen LogP contribution in [0.1, 0.15) is 22.3 Å². The Balaban J connectivity index is 1.21. The van der Waals surface area contributed by atoms with Gasteiger partial charge >= 0.3 is 0 Å². The van der Waals surface area contributed by atoms with Crippen LogP contribution in [0.3, 0.4) is 0 Å². The van der Waals surface area contributed by atoms with Crippen LogP contribution >= 0.6 is 0 Å². The molecule has 47 heavy (non-hydrogen) atoms. The molecule has 222 valence electrons. The second-order valence-electron chi connectivity index (χ2n) is 12.5. The maximum absolute atomic E-state index is 2.46. The van der Waals surface area contributed by atoms with Gasteiger partial charge in [0.15, 0.2) is 0 Å². The molecule has 0 heterocycles. The highest BCUT2D eigenvalue weighted by Gasteiger charge is 2.44. The maximum Gasteiger partial charge on any atom is 0.0647 e. The molecular weight excluding hydrogens is 567 g/mol. The molecular formula is C46H33N. The molecule has 0 aromatic heterocycles. The van der Waals surface area contributed by atoms with Gasteiger partial charge in [0.1, 0.15) is 0 Å². The molecule has 0 fully saturated rings. The Morgan fingerprint density at radius 3 is 1.36 bits per heavy atom. The largest absolute Gasteiger partial charge is 0.310 e. The fraction of sp³-hybridized carbons (Fsp3) is 0.0435. The molecule has 1 spiro atoms. The fourth-order valence-corrected chi connectivity index (χ4v) is 7.75. The molecule has 0 N–H and O–H groups in total. The highest BCUT2D eigenvalue weighted by Crippen LogP contribution is 2.56. The minimum atomic E-state index is -0.323. The highest BCUT2D eigenvalue weighted by atomic mass is 15.1. The molecule has 1 nitrogen and oxygen atoms in total. The molecule has 0 radical (unpaired) electrons. The summed E-state index contributed by atoms with van der Waals surface area (Å²) in [6.07, 6.45) is 5.75. The summed E-state index contributed by atoms with van der Waals surface area (Å²) in [4.78, 5) is 2.41. The van der Waals surface area contributed by atoms with Crippen LogP contribution in [-0.4, -0.2) is 0 Å². The SMILES string of the molecule is C1=CC2(c3cc(N(c4ccc(-c5ccccc5)cc4)c4ccc(-c5ccccc5)cc4)ccc3C1)c1ccccc1-c1ccccc12. The first-order chi connectivity index (χ1) is 23.3. The Morgan fingerprint density at radius 2 is 0.830 bits per heavy atom. The van der Waals surface area contributed by atoms with E-state index in [9.17, 15) is 0 Å². The second kappa shape index (κ2) is 11.2. The van der Waals surface area contributed by atoms with Crippen LogP contribution < -0.4 is 4.90 Å². The molecule has 0 unspecified atom stereocenters. The number of hydrogen-bond donors (Lipinski definition) is 0. The van der Waals surface area contributed by atoms with Crippen LogP contribution in [0, 0.1) is 0 Å². The zero-order valence-electron chi connectivity index (χ0n) is 26.1. The monoisotopic (exact) mass is 599 g/mol. The summed E-state index contributed by atoms with van der Waals surface area (Å²) in [6.45, 7) is 0. The first kappa shape index (κ1) is 27.4. The zero-order chi connectivity index (χ0) is 31.2. The van der Waals surface area contributed by atoms with Crippen molar-refractivity contribution in [2.75, 3.05) is 4.90 Å². The van der Waals surface area contributed by atoms with E-state index in [2.05, 4.69) is 193 Å². The van der Waals surface area contributed by atoms with Crippen LogP contribution in [0.15, 0.2) is 188 Å². The van der Waals surface area contributed by atoms with Crippen molar-refractivity contribution >= 4 is 17.1 Å². The topological polar surface area (TPSA) is 3.24 Å². The number of benzene rings is 7. The van der Waals surface area contributed by atoms with Gasteiger partial charge in [-0.25, -0.2) is 0 Å². The van der Waals surface area contributed by atoms with Gasteiger partial charge in [0.05, 0.1) is 5.41 Å². The molecule has 1 heteroatoms. The summed E-state index contributed by atoms with van der Waals surface area (Å²) in [5.41, 5.74) is 16.1. The lowest BCUT2D eigenvalue weighted by molar-refractivity contribution is 0.770. The van der Waals surface area contributed by atoms with E-state index >= 15 is 0 Å². The Kier molecular flexibility index (Phi) is 6.50. The van der Waals surface area contributed by atoms with Crippen LogP contribution in [0.4, 0.5) is 17.1 Å². The number of rotatable bonds is 5. The Hall–Kier alpha value is -5.92. The normalized spacial score (nSPS) is 13.5. The Labute approximate surface area is 276 Å². The van der Waals surface area contributed by atoms with Gasteiger partial charge in [-0.05, 0) is 98.5 Å². The van der Waals surface area contributed by atoms with E-state index in [-0.39, 0.29) is 5.41 Å². The standard InChI is InChI=1S/C46H33N/c1-3-12-33(13-4-1)35-21-26-38(27-22-35)47(39-28-23-36(24-29-39)34-14-5-2-6-15-34)40-30-25-37-16-11-31-46(45(37)32-40)43-19-9-7-17-41(43)42-18-8-10-20-44(42)46/h1-15,17-32H,16H2. The molecule has 0 atom stereocenters. The number of hydrogen-bond acceptors (Lipinski definition) is 1. The second-order valence-corrected chi connectivity index (χ2v) is 12.5. The van der Waals surface area contributed by atoms with E-state index in [1.54, 1.807) is 0 Å². The highest BCUT2D eigenvalue weighted by molar-refractivity contribution is 5.87. The summed E-state index contributed by atoms with van der Waals surface area (Å²) in [6, 6.07) is 64.2. The summed E-state index contributed by atoms with van der Waals surface area (Å²) >= 11 is 0. The third kappa shape index (κ3) is 4.47. The van der Waals surface area contributed by atoms with Crippen molar-refractivity contribution in [3.05, 3.63) is 210 Å². The first-order valence-electron chi connectivity index (χ1n) is 16.4. The number of allylic oxidation sites excluding steroid dienone is 2. The summed E-state index contributed by atoms with van der Waals surface area (Å²) in [5, 5.41) is 0. The van der Waals surface area contributed by atoms with Gasteiger partial charge in [-0.15, -0.1) is 0 Å². The molecule has 9 rings (SSSR count). The average Bonchev–Trinajstić information content (AvgIpc) is 3.43.